The normalized spacial score (nSPS) is 11.2. The smallest absolute Gasteiger partial charge is 0.272 e. The van der Waals surface area contributed by atoms with Crippen molar-refractivity contribution in [3.63, 3.8) is 0 Å². The Labute approximate surface area is 117 Å². The van der Waals surface area contributed by atoms with Crippen LogP contribution in [0.1, 0.15) is 18.9 Å². The van der Waals surface area contributed by atoms with Crippen molar-refractivity contribution in [1.29, 1.82) is 0 Å². The second-order valence-electron chi connectivity index (χ2n) is 4.51. The molecule has 1 heterocycles. The summed E-state index contributed by atoms with van der Waals surface area (Å²) in [6.07, 6.45) is 0.244. The lowest BCUT2D eigenvalue weighted by atomic mass is 10.1. The number of pyridine rings is 1. The number of ether oxygens (including phenoxy) is 1. The fourth-order valence-corrected chi connectivity index (χ4v) is 2.02. The molecule has 1 aromatic heterocycles. The molecule has 2 rings (SSSR count). The van der Waals surface area contributed by atoms with Gasteiger partial charge in [-0.25, -0.2) is 13.8 Å². The minimum atomic E-state index is -2.50. The van der Waals surface area contributed by atoms with E-state index in [1.807, 2.05) is 24.3 Å². The van der Waals surface area contributed by atoms with E-state index in [0.717, 1.165) is 29.3 Å². The third-order valence-electron chi connectivity index (χ3n) is 2.93. The lowest BCUT2D eigenvalue weighted by Crippen LogP contribution is -2.14. The highest BCUT2D eigenvalue weighted by Crippen LogP contribution is 2.26. The van der Waals surface area contributed by atoms with E-state index in [4.69, 9.17) is 4.74 Å². The molecule has 0 amide bonds. The summed E-state index contributed by atoms with van der Waals surface area (Å²) < 4.78 is 29.6. The number of alkyl halides is 2. The molecule has 1 N–H and O–H groups in total. The van der Waals surface area contributed by atoms with Gasteiger partial charge in [-0.2, -0.15) is 0 Å². The first-order valence-electron chi connectivity index (χ1n) is 6.70. The van der Waals surface area contributed by atoms with E-state index in [0.29, 0.717) is 6.54 Å². The summed E-state index contributed by atoms with van der Waals surface area (Å²) in [5.41, 5.74) is 1.04. The average Bonchev–Trinajstić information content (AvgIpc) is 2.46. The van der Waals surface area contributed by atoms with Crippen LogP contribution in [0.4, 0.5) is 8.78 Å². The minimum Gasteiger partial charge on any atom is -0.471 e. The number of aromatic nitrogens is 1. The predicted molar refractivity (Wildman–Crippen MR) is 75.2 cm³/mol. The molecule has 0 unspecified atom stereocenters. The highest BCUT2D eigenvalue weighted by Gasteiger charge is 2.10. The molecule has 0 aliphatic carbocycles. The number of nitrogens with zero attached hydrogens (tertiary/aromatic N) is 1. The molecule has 108 valence electrons. The van der Waals surface area contributed by atoms with Crippen LogP contribution < -0.4 is 10.1 Å². The molecule has 0 saturated heterocycles. The minimum absolute atomic E-state index is 0.264. The highest BCUT2D eigenvalue weighted by molar-refractivity contribution is 5.89. The van der Waals surface area contributed by atoms with Crippen molar-refractivity contribution in [2.45, 2.75) is 26.3 Å². The lowest BCUT2D eigenvalue weighted by molar-refractivity contribution is 0.0804. The Hall–Kier alpha value is -1.75. The van der Waals surface area contributed by atoms with Gasteiger partial charge in [0.25, 0.3) is 6.43 Å². The van der Waals surface area contributed by atoms with Gasteiger partial charge in [0.1, 0.15) is 0 Å². The van der Waals surface area contributed by atoms with Gasteiger partial charge in [0, 0.05) is 18.1 Å². The molecule has 0 aliphatic rings. The number of hydrogen-bond donors (Lipinski definition) is 1. The third-order valence-corrected chi connectivity index (χ3v) is 2.93. The molecule has 2 aromatic rings. The summed E-state index contributed by atoms with van der Waals surface area (Å²) >= 11 is 0. The number of hydrogen-bond acceptors (Lipinski definition) is 3. The largest absolute Gasteiger partial charge is 0.471 e. The van der Waals surface area contributed by atoms with E-state index in [9.17, 15) is 8.78 Å². The quantitative estimate of drug-likeness (QED) is 0.789. The van der Waals surface area contributed by atoms with Crippen molar-refractivity contribution in [3.8, 4) is 5.88 Å². The van der Waals surface area contributed by atoms with Crippen LogP contribution in [0, 0.1) is 0 Å². The second kappa shape index (κ2) is 7.14. The maximum atomic E-state index is 12.2. The molecule has 0 fully saturated rings. The van der Waals surface area contributed by atoms with Gasteiger partial charge in [0.05, 0.1) is 0 Å². The van der Waals surface area contributed by atoms with Crippen LogP contribution in [0.2, 0.25) is 0 Å². The molecule has 0 saturated carbocycles. The molecular formula is C15H18F2N2O. The summed E-state index contributed by atoms with van der Waals surface area (Å²) in [4.78, 5) is 4.16. The Kier molecular flexibility index (Phi) is 5.24. The predicted octanol–water partition coefficient (Wildman–Crippen LogP) is 3.38. The molecule has 5 heteroatoms. The Morgan fingerprint density at radius 2 is 2.00 bits per heavy atom. The van der Waals surface area contributed by atoms with E-state index in [1.165, 1.54) is 0 Å². The topological polar surface area (TPSA) is 34.2 Å². The number of nitrogens with one attached hydrogen (secondary N) is 1. The maximum absolute atomic E-state index is 12.2. The van der Waals surface area contributed by atoms with Crippen LogP contribution >= 0.6 is 0 Å². The standard InChI is InChI=1S/C15H18F2N2O/c1-2-7-18-8-11-9-19-15(20-10-14(16)17)13-6-4-3-5-12(11)13/h3-6,9,14,18H,2,7-8,10H2,1H3. The zero-order chi connectivity index (χ0) is 14.4. The SMILES string of the molecule is CCCNCc1cnc(OCC(F)F)c2ccccc12. The average molecular weight is 280 g/mol. The Balaban J connectivity index is 2.26. The van der Waals surface area contributed by atoms with Gasteiger partial charge in [-0.3, -0.25) is 0 Å². The zero-order valence-electron chi connectivity index (χ0n) is 11.4. The molecule has 0 spiro atoms. The highest BCUT2D eigenvalue weighted by atomic mass is 19.3. The van der Waals surface area contributed by atoms with Crippen molar-refractivity contribution in [1.82, 2.24) is 10.3 Å². The third kappa shape index (κ3) is 3.63. The Bertz CT molecular complexity index is 561. The van der Waals surface area contributed by atoms with Crippen molar-refractivity contribution < 1.29 is 13.5 Å². The van der Waals surface area contributed by atoms with E-state index in [1.54, 1.807) is 6.20 Å². The molecule has 0 atom stereocenters. The summed E-state index contributed by atoms with van der Waals surface area (Å²) in [7, 11) is 0. The van der Waals surface area contributed by atoms with Crippen molar-refractivity contribution in [2.24, 2.45) is 0 Å². The van der Waals surface area contributed by atoms with Crippen molar-refractivity contribution in [2.75, 3.05) is 13.2 Å². The number of rotatable bonds is 7. The molecule has 0 bridgehead atoms. The molecule has 0 radical (unpaired) electrons. The fraction of sp³-hybridized carbons (Fsp3) is 0.400. The van der Waals surface area contributed by atoms with Gasteiger partial charge in [-0.05, 0) is 30.0 Å². The van der Waals surface area contributed by atoms with Gasteiger partial charge in [0.15, 0.2) is 6.61 Å². The van der Waals surface area contributed by atoms with Crippen LogP contribution in [0.25, 0.3) is 10.8 Å². The van der Waals surface area contributed by atoms with Crippen LogP contribution in [0.15, 0.2) is 30.5 Å². The second-order valence-corrected chi connectivity index (χ2v) is 4.51. The van der Waals surface area contributed by atoms with Crippen molar-refractivity contribution in [3.05, 3.63) is 36.0 Å². The molecule has 0 aliphatic heterocycles. The lowest BCUT2D eigenvalue weighted by Gasteiger charge is -2.11. The first-order chi connectivity index (χ1) is 9.72. The first kappa shape index (κ1) is 14.7. The Morgan fingerprint density at radius 1 is 1.25 bits per heavy atom. The monoisotopic (exact) mass is 280 g/mol. The summed E-state index contributed by atoms with van der Waals surface area (Å²) in [6, 6.07) is 7.56. The zero-order valence-corrected chi connectivity index (χ0v) is 11.4. The van der Waals surface area contributed by atoms with Crippen LogP contribution in [0.3, 0.4) is 0 Å². The summed E-state index contributed by atoms with van der Waals surface area (Å²) in [5, 5.41) is 5.06. The van der Waals surface area contributed by atoms with E-state index < -0.39 is 13.0 Å². The van der Waals surface area contributed by atoms with E-state index in [2.05, 4.69) is 17.2 Å². The van der Waals surface area contributed by atoms with Crippen molar-refractivity contribution >= 4 is 10.8 Å². The number of halogens is 2. The Morgan fingerprint density at radius 3 is 2.70 bits per heavy atom. The van der Waals surface area contributed by atoms with Gasteiger partial charge in [-0.1, -0.05) is 25.1 Å². The first-order valence-corrected chi connectivity index (χ1v) is 6.70. The van der Waals surface area contributed by atoms with E-state index in [-0.39, 0.29) is 5.88 Å². The molecular weight excluding hydrogens is 262 g/mol. The fourth-order valence-electron chi connectivity index (χ4n) is 2.02. The van der Waals surface area contributed by atoms with Crippen LogP contribution in [-0.4, -0.2) is 24.6 Å². The summed E-state index contributed by atoms with van der Waals surface area (Å²) in [5.74, 6) is 0.264. The molecule has 20 heavy (non-hydrogen) atoms. The van der Waals surface area contributed by atoms with Gasteiger partial charge < -0.3 is 10.1 Å². The van der Waals surface area contributed by atoms with Crippen LogP contribution in [-0.2, 0) is 6.54 Å². The summed E-state index contributed by atoms with van der Waals surface area (Å²) in [6.45, 7) is 3.10. The van der Waals surface area contributed by atoms with Gasteiger partial charge in [0.2, 0.25) is 5.88 Å². The van der Waals surface area contributed by atoms with Gasteiger partial charge in [-0.15, -0.1) is 0 Å². The molecule has 3 nitrogen and oxygen atoms in total. The molecule has 1 aromatic carbocycles. The number of fused-ring (bicyclic) bond motifs is 1. The number of benzene rings is 1. The van der Waals surface area contributed by atoms with E-state index >= 15 is 0 Å². The van der Waals surface area contributed by atoms with Gasteiger partial charge >= 0.3 is 0 Å². The maximum Gasteiger partial charge on any atom is 0.272 e. The van der Waals surface area contributed by atoms with Crippen LogP contribution in [0.5, 0.6) is 5.88 Å².